The molecule has 1 rings (SSSR count). The number of hydrogen-bond acceptors (Lipinski definition) is 1. The molecule has 0 saturated heterocycles. The molecule has 1 aromatic rings. The minimum absolute atomic E-state index is 0.538. The highest BCUT2D eigenvalue weighted by molar-refractivity contribution is 7.26. The second-order valence-electron chi connectivity index (χ2n) is 6.00. The van der Waals surface area contributed by atoms with Gasteiger partial charge in [-0.3, -0.25) is 0 Å². The van der Waals surface area contributed by atoms with E-state index in [1.807, 2.05) is 0 Å². The summed E-state index contributed by atoms with van der Waals surface area (Å²) in [6, 6.07) is 6.41. The Labute approximate surface area is 118 Å². The molecule has 0 unspecified atom stereocenters. The van der Waals surface area contributed by atoms with E-state index in [0.29, 0.717) is 6.61 Å². The van der Waals surface area contributed by atoms with Crippen LogP contribution < -0.4 is 15.1 Å². The van der Waals surface area contributed by atoms with Crippen LogP contribution in [0.4, 0.5) is 0 Å². The Bertz CT molecular complexity index is 398. The second kappa shape index (κ2) is 5.63. The highest BCUT2D eigenvalue weighted by atomic mass is 35.6. The number of benzene rings is 1. The first-order valence-electron chi connectivity index (χ1n) is 6.24. The maximum atomic E-state index is 6.61. The molecule has 1 nitrogen and oxygen atoms in total. The molecule has 0 spiro atoms. The first-order chi connectivity index (χ1) is 8.18. The van der Waals surface area contributed by atoms with Gasteiger partial charge in [0.1, 0.15) is 12.4 Å². The number of para-hydroxylation sites is 1. The van der Waals surface area contributed by atoms with Crippen LogP contribution in [0.3, 0.4) is 0 Å². The van der Waals surface area contributed by atoms with Crippen LogP contribution in [-0.2, 0) is 0 Å². The summed E-state index contributed by atoms with van der Waals surface area (Å²) in [6.07, 6.45) is 1.79. The molecule has 100 valence electrons. The average Bonchev–Trinajstić information content (AvgIpc) is 2.23. The Morgan fingerprint density at radius 3 is 2.17 bits per heavy atom. The summed E-state index contributed by atoms with van der Waals surface area (Å²) >= 11 is 6.61. The van der Waals surface area contributed by atoms with Gasteiger partial charge in [0.05, 0.1) is 8.07 Å². The molecule has 4 heteroatoms. The lowest BCUT2D eigenvalue weighted by molar-refractivity contribution is 0.368. The van der Waals surface area contributed by atoms with E-state index in [1.165, 1.54) is 10.4 Å². The minimum atomic E-state index is -1.90. The number of rotatable bonds is 5. The highest BCUT2D eigenvalue weighted by Crippen LogP contribution is 2.19. The van der Waals surface area contributed by atoms with Gasteiger partial charge in [-0.1, -0.05) is 63.6 Å². The third kappa shape index (κ3) is 3.74. The number of ether oxygens (including phenoxy) is 1. The smallest absolute Gasteiger partial charge is 0.185 e. The van der Waals surface area contributed by atoms with Crippen LogP contribution in [-0.4, -0.2) is 22.1 Å². The van der Waals surface area contributed by atoms with E-state index >= 15 is 0 Å². The van der Waals surface area contributed by atoms with Gasteiger partial charge in [-0.15, -0.1) is 0 Å². The van der Waals surface area contributed by atoms with Crippen molar-refractivity contribution >= 4 is 36.9 Å². The topological polar surface area (TPSA) is 9.23 Å². The molecule has 0 N–H and O–H groups in total. The third-order valence-corrected chi connectivity index (χ3v) is 7.10. The van der Waals surface area contributed by atoms with Crippen LogP contribution in [0.2, 0.25) is 32.7 Å². The van der Waals surface area contributed by atoms with E-state index in [9.17, 15) is 0 Å². The van der Waals surface area contributed by atoms with E-state index in [1.54, 1.807) is 6.08 Å². The molecule has 0 heterocycles. The van der Waals surface area contributed by atoms with E-state index in [-0.39, 0.29) is 0 Å². The molecule has 18 heavy (non-hydrogen) atoms. The quantitative estimate of drug-likeness (QED) is 0.460. The fourth-order valence-electron chi connectivity index (χ4n) is 1.89. The van der Waals surface area contributed by atoms with Crippen molar-refractivity contribution in [1.82, 2.24) is 0 Å². The van der Waals surface area contributed by atoms with Crippen molar-refractivity contribution in [1.29, 1.82) is 0 Å². The molecule has 0 amide bonds. The van der Waals surface area contributed by atoms with Crippen molar-refractivity contribution in [2.45, 2.75) is 32.7 Å². The van der Waals surface area contributed by atoms with Crippen LogP contribution in [0, 0.1) is 0 Å². The first kappa shape index (κ1) is 15.5. The molecule has 0 aromatic heterocycles. The molecule has 0 aliphatic rings. The van der Waals surface area contributed by atoms with Crippen LogP contribution in [0.5, 0.6) is 5.75 Å². The van der Waals surface area contributed by atoms with E-state index in [2.05, 4.69) is 57.5 Å². The van der Waals surface area contributed by atoms with Crippen LogP contribution in [0.1, 0.15) is 0 Å². The Morgan fingerprint density at radius 1 is 1.17 bits per heavy atom. The Hall–Kier alpha value is -0.516. The van der Waals surface area contributed by atoms with Gasteiger partial charge in [0, 0.05) is 0 Å². The van der Waals surface area contributed by atoms with Gasteiger partial charge in [0.15, 0.2) is 7.38 Å². The molecule has 0 aliphatic carbocycles. The summed E-state index contributed by atoms with van der Waals surface area (Å²) in [4.78, 5) is 0. The fourth-order valence-corrected chi connectivity index (χ4v) is 5.19. The Morgan fingerprint density at radius 2 is 1.72 bits per heavy atom. The molecule has 1 aromatic carbocycles. The standard InChI is InChI=1S/C14H23ClOSi2/c1-7-11-16-14-12(17(2,3)4)9-8-10-13(14)18(5,6)15/h7-10H,1,11H2,2-6H3. The molecular formula is C14H23ClOSi2. The lowest BCUT2D eigenvalue weighted by Crippen LogP contribution is -2.45. The van der Waals surface area contributed by atoms with Gasteiger partial charge in [-0.2, -0.15) is 11.1 Å². The van der Waals surface area contributed by atoms with Gasteiger partial charge in [-0.05, 0) is 10.4 Å². The Balaban J connectivity index is 3.40. The SMILES string of the molecule is C=CCOc1c([Si](C)(C)C)cccc1[Si](C)(C)Cl. The maximum absolute atomic E-state index is 6.61. The molecule has 0 bridgehead atoms. The van der Waals surface area contributed by atoms with Crippen LogP contribution in [0.25, 0.3) is 0 Å². The summed E-state index contributed by atoms with van der Waals surface area (Å²) in [5.74, 6) is 1.02. The summed E-state index contributed by atoms with van der Waals surface area (Å²) in [7, 11) is -3.34. The third-order valence-electron chi connectivity index (χ3n) is 2.81. The molecular weight excluding hydrogens is 276 g/mol. The normalized spacial score (nSPS) is 12.3. The summed E-state index contributed by atoms with van der Waals surface area (Å²) in [5.41, 5.74) is 0. The van der Waals surface area contributed by atoms with Gasteiger partial charge >= 0.3 is 0 Å². The van der Waals surface area contributed by atoms with Crippen molar-refractivity contribution < 1.29 is 4.74 Å². The highest BCUT2D eigenvalue weighted by Gasteiger charge is 2.30. The summed E-state index contributed by atoms with van der Waals surface area (Å²) in [5, 5.41) is 2.55. The lowest BCUT2D eigenvalue weighted by atomic mass is 10.3. The van der Waals surface area contributed by atoms with E-state index < -0.39 is 15.5 Å². The molecule has 0 saturated carbocycles. The van der Waals surface area contributed by atoms with Gasteiger partial charge in [0.2, 0.25) is 0 Å². The van der Waals surface area contributed by atoms with E-state index in [0.717, 1.165) is 5.75 Å². The maximum Gasteiger partial charge on any atom is 0.185 e. The zero-order valence-corrected chi connectivity index (χ0v) is 14.8. The first-order valence-corrected chi connectivity index (χ1v) is 13.8. The van der Waals surface area contributed by atoms with Crippen molar-refractivity contribution in [3.8, 4) is 5.75 Å². The van der Waals surface area contributed by atoms with Gasteiger partial charge < -0.3 is 4.74 Å². The molecule has 0 atom stereocenters. The molecule has 0 fully saturated rings. The van der Waals surface area contributed by atoms with Crippen molar-refractivity contribution in [2.24, 2.45) is 0 Å². The Kier molecular flexibility index (Phi) is 4.86. The molecule has 0 radical (unpaired) electrons. The second-order valence-corrected chi connectivity index (χ2v) is 17.4. The fraction of sp³-hybridized carbons (Fsp3) is 0.429. The van der Waals surface area contributed by atoms with Crippen LogP contribution >= 0.6 is 11.1 Å². The zero-order chi connectivity index (χ0) is 14.0. The van der Waals surface area contributed by atoms with Crippen molar-refractivity contribution in [3.05, 3.63) is 30.9 Å². The monoisotopic (exact) mass is 298 g/mol. The summed E-state index contributed by atoms with van der Waals surface area (Å²) in [6.45, 7) is 15.5. The predicted octanol–water partition coefficient (Wildman–Crippen LogP) is 3.45. The zero-order valence-electron chi connectivity index (χ0n) is 12.0. The molecule has 0 aliphatic heterocycles. The van der Waals surface area contributed by atoms with Gasteiger partial charge in [-0.25, -0.2) is 0 Å². The average molecular weight is 299 g/mol. The van der Waals surface area contributed by atoms with Crippen molar-refractivity contribution in [2.75, 3.05) is 6.61 Å². The largest absolute Gasteiger partial charge is 0.490 e. The van der Waals surface area contributed by atoms with Gasteiger partial charge in [0.25, 0.3) is 0 Å². The van der Waals surface area contributed by atoms with Crippen LogP contribution in [0.15, 0.2) is 30.9 Å². The summed E-state index contributed by atoms with van der Waals surface area (Å²) < 4.78 is 5.94. The predicted molar refractivity (Wildman–Crippen MR) is 88.1 cm³/mol. The van der Waals surface area contributed by atoms with E-state index in [4.69, 9.17) is 15.8 Å². The number of halogens is 1. The number of hydrogen-bond donors (Lipinski definition) is 0. The lowest BCUT2D eigenvalue weighted by Gasteiger charge is -2.26. The minimum Gasteiger partial charge on any atom is -0.490 e. The van der Waals surface area contributed by atoms with Crippen molar-refractivity contribution in [3.63, 3.8) is 0 Å².